The average Bonchev–Trinajstić information content (AvgIpc) is 3.48. The monoisotopic (exact) mass is 629 g/mol. The predicted molar refractivity (Wildman–Crippen MR) is 185 cm³/mol. The standard InChI is InChI=1S/C38H39N5O4/c1-38(2,3)47-37(44)43-23-21-42(22-24-43)20-19-40-34-31(39-4)25-41-36-33(34)32(28-13-9-6-10-14-28)35(46-36)29-15-17-30(18-16-29)45-26-27-11-7-5-8-12-27/h5-18,25H,19-24,26H2,1-3H3,(H,40,41). The van der Waals surface area contributed by atoms with Crippen LogP contribution in [0.25, 0.3) is 38.4 Å². The number of fused-ring (bicyclic) bond motifs is 1. The van der Waals surface area contributed by atoms with Crippen molar-refractivity contribution in [3.05, 3.63) is 108 Å². The van der Waals surface area contributed by atoms with Gasteiger partial charge in [0.2, 0.25) is 11.4 Å². The summed E-state index contributed by atoms with van der Waals surface area (Å²) in [4.78, 5) is 24.9. The molecule has 1 saturated heterocycles. The molecule has 0 spiro atoms. The Balaban J connectivity index is 1.23. The van der Waals surface area contributed by atoms with E-state index >= 15 is 0 Å². The van der Waals surface area contributed by atoms with Crippen LogP contribution in [0.4, 0.5) is 16.2 Å². The molecule has 5 aromatic rings. The maximum absolute atomic E-state index is 12.5. The minimum Gasteiger partial charge on any atom is -0.489 e. The number of aromatic nitrogens is 1. The van der Waals surface area contributed by atoms with Crippen molar-refractivity contribution in [1.82, 2.24) is 14.8 Å². The summed E-state index contributed by atoms with van der Waals surface area (Å²) in [6.07, 6.45) is 1.30. The van der Waals surface area contributed by atoms with Crippen molar-refractivity contribution in [2.45, 2.75) is 33.0 Å². The molecular weight excluding hydrogens is 590 g/mol. The number of amides is 1. The summed E-state index contributed by atoms with van der Waals surface area (Å²) in [5.41, 5.74) is 4.92. The number of hydrogen-bond donors (Lipinski definition) is 1. The second-order valence-corrected chi connectivity index (χ2v) is 12.5. The Hall–Kier alpha value is -5.33. The zero-order valence-electron chi connectivity index (χ0n) is 27.0. The Kier molecular flexibility index (Phi) is 9.41. The maximum Gasteiger partial charge on any atom is 0.410 e. The molecule has 1 amide bonds. The zero-order valence-corrected chi connectivity index (χ0v) is 27.0. The highest BCUT2D eigenvalue weighted by Gasteiger charge is 2.27. The third-order valence-electron chi connectivity index (χ3n) is 8.00. The van der Waals surface area contributed by atoms with Crippen molar-refractivity contribution >= 4 is 28.6 Å². The van der Waals surface area contributed by atoms with E-state index in [1.165, 1.54) is 0 Å². The number of anilines is 1. The number of carbonyl (C=O) groups is 1. The van der Waals surface area contributed by atoms with Gasteiger partial charge in [-0.15, -0.1) is 0 Å². The summed E-state index contributed by atoms with van der Waals surface area (Å²) >= 11 is 0. The molecule has 1 aliphatic rings. The minimum absolute atomic E-state index is 0.269. The molecule has 0 aliphatic carbocycles. The molecule has 0 atom stereocenters. The molecule has 0 saturated carbocycles. The van der Waals surface area contributed by atoms with E-state index in [0.29, 0.717) is 49.1 Å². The lowest BCUT2D eigenvalue weighted by molar-refractivity contribution is 0.0148. The number of hydrogen-bond acceptors (Lipinski definition) is 7. The van der Waals surface area contributed by atoms with E-state index in [9.17, 15) is 4.79 Å². The van der Waals surface area contributed by atoms with Gasteiger partial charge < -0.3 is 24.1 Å². The Bertz CT molecular complexity index is 1850. The van der Waals surface area contributed by atoms with E-state index in [2.05, 4.69) is 20.0 Å². The first kappa shape index (κ1) is 31.6. The van der Waals surface area contributed by atoms with Crippen molar-refractivity contribution in [1.29, 1.82) is 0 Å². The molecule has 240 valence electrons. The first-order valence-electron chi connectivity index (χ1n) is 15.9. The molecule has 9 nitrogen and oxygen atoms in total. The first-order chi connectivity index (χ1) is 22.8. The van der Waals surface area contributed by atoms with Gasteiger partial charge in [0.1, 0.15) is 23.7 Å². The predicted octanol–water partition coefficient (Wildman–Crippen LogP) is 8.26. The highest BCUT2D eigenvalue weighted by atomic mass is 16.6. The van der Waals surface area contributed by atoms with Gasteiger partial charge in [-0.3, -0.25) is 4.90 Å². The molecule has 2 aromatic heterocycles. The lowest BCUT2D eigenvalue weighted by atomic mass is 9.98. The Morgan fingerprint density at radius 1 is 0.936 bits per heavy atom. The molecule has 3 heterocycles. The zero-order chi connectivity index (χ0) is 32.8. The number of pyridine rings is 1. The fourth-order valence-corrected chi connectivity index (χ4v) is 5.66. The highest BCUT2D eigenvalue weighted by molar-refractivity contribution is 6.10. The molecule has 0 radical (unpaired) electrons. The van der Waals surface area contributed by atoms with Gasteiger partial charge in [0, 0.05) is 56.6 Å². The highest BCUT2D eigenvalue weighted by Crippen LogP contribution is 2.46. The van der Waals surface area contributed by atoms with Crippen molar-refractivity contribution in [2.75, 3.05) is 44.6 Å². The SMILES string of the molecule is [C-]#[N+]c1cnc2oc(-c3ccc(OCc4ccccc4)cc3)c(-c3ccccc3)c2c1NCCN1CCN(C(=O)OC(C)(C)C)CC1. The van der Waals surface area contributed by atoms with Crippen molar-refractivity contribution < 1.29 is 18.7 Å². The minimum atomic E-state index is -0.513. The van der Waals surface area contributed by atoms with Gasteiger partial charge in [-0.05, 0) is 56.2 Å². The van der Waals surface area contributed by atoms with Gasteiger partial charge >= 0.3 is 6.09 Å². The number of furan rings is 1. The van der Waals surface area contributed by atoms with Crippen LogP contribution < -0.4 is 10.1 Å². The second kappa shape index (κ2) is 14.0. The first-order valence-corrected chi connectivity index (χ1v) is 15.9. The third-order valence-corrected chi connectivity index (χ3v) is 8.00. The van der Waals surface area contributed by atoms with E-state index in [0.717, 1.165) is 53.0 Å². The largest absolute Gasteiger partial charge is 0.489 e. The van der Waals surface area contributed by atoms with E-state index in [1.54, 1.807) is 11.1 Å². The van der Waals surface area contributed by atoms with Crippen LogP contribution in [-0.4, -0.2) is 65.7 Å². The summed E-state index contributed by atoms with van der Waals surface area (Å²) < 4.78 is 18.0. The summed E-state index contributed by atoms with van der Waals surface area (Å²) in [5.74, 6) is 1.44. The summed E-state index contributed by atoms with van der Waals surface area (Å²) in [6.45, 7) is 18.1. The van der Waals surface area contributed by atoms with Gasteiger partial charge in [-0.1, -0.05) is 60.7 Å². The van der Waals surface area contributed by atoms with Crippen LogP contribution in [-0.2, 0) is 11.3 Å². The molecule has 1 N–H and O–H groups in total. The van der Waals surface area contributed by atoms with Gasteiger partial charge in [0.25, 0.3) is 0 Å². The summed E-state index contributed by atoms with van der Waals surface area (Å²) in [6, 6.07) is 28.0. The Morgan fingerprint density at radius 3 is 2.28 bits per heavy atom. The number of carbonyl (C=O) groups excluding carboxylic acids is 1. The van der Waals surface area contributed by atoms with Crippen LogP contribution in [0.5, 0.6) is 5.75 Å². The third kappa shape index (κ3) is 7.56. The molecule has 0 bridgehead atoms. The van der Waals surface area contributed by atoms with Gasteiger partial charge in [-0.2, -0.15) is 0 Å². The molecule has 1 aliphatic heterocycles. The van der Waals surface area contributed by atoms with Crippen molar-refractivity contribution in [3.63, 3.8) is 0 Å². The maximum atomic E-state index is 12.5. The lowest BCUT2D eigenvalue weighted by Gasteiger charge is -2.35. The lowest BCUT2D eigenvalue weighted by Crippen LogP contribution is -2.50. The molecular formula is C38H39N5O4. The molecule has 0 unspecified atom stereocenters. The van der Waals surface area contributed by atoms with E-state index in [1.807, 2.05) is 106 Å². The average molecular weight is 630 g/mol. The fourth-order valence-electron chi connectivity index (χ4n) is 5.66. The molecule has 9 heteroatoms. The number of rotatable bonds is 9. The van der Waals surface area contributed by atoms with E-state index in [-0.39, 0.29) is 6.09 Å². The molecule has 47 heavy (non-hydrogen) atoms. The number of piperazine rings is 1. The molecule has 1 fully saturated rings. The van der Waals surface area contributed by atoms with Crippen LogP contribution in [0.3, 0.4) is 0 Å². The quantitative estimate of drug-likeness (QED) is 0.164. The van der Waals surface area contributed by atoms with Crippen LogP contribution >= 0.6 is 0 Å². The van der Waals surface area contributed by atoms with Crippen LogP contribution in [0.15, 0.2) is 95.5 Å². The smallest absolute Gasteiger partial charge is 0.410 e. The van der Waals surface area contributed by atoms with Gasteiger partial charge in [0.15, 0.2) is 0 Å². The fraction of sp³-hybridized carbons (Fsp3) is 0.289. The van der Waals surface area contributed by atoms with Crippen LogP contribution in [0.1, 0.15) is 26.3 Å². The van der Waals surface area contributed by atoms with Crippen molar-refractivity contribution in [2.24, 2.45) is 0 Å². The van der Waals surface area contributed by atoms with E-state index < -0.39 is 5.60 Å². The van der Waals surface area contributed by atoms with Gasteiger partial charge in [0.05, 0.1) is 17.6 Å². The van der Waals surface area contributed by atoms with Crippen LogP contribution in [0, 0.1) is 6.57 Å². The molecule has 6 rings (SSSR count). The normalized spacial score (nSPS) is 13.7. The number of nitrogens with one attached hydrogen (secondary N) is 1. The summed E-state index contributed by atoms with van der Waals surface area (Å²) in [7, 11) is 0. The Morgan fingerprint density at radius 2 is 1.62 bits per heavy atom. The van der Waals surface area contributed by atoms with Crippen molar-refractivity contribution in [3.8, 4) is 28.2 Å². The number of ether oxygens (including phenoxy) is 2. The summed E-state index contributed by atoms with van der Waals surface area (Å²) in [5, 5.41) is 4.33. The topological polar surface area (TPSA) is 84.4 Å². The Labute approximate surface area is 275 Å². The number of nitrogens with zero attached hydrogens (tertiary/aromatic N) is 4. The molecule has 3 aromatic carbocycles. The van der Waals surface area contributed by atoms with Crippen LogP contribution in [0.2, 0.25) is 0 Å². The second-order valence-electron chi connectivity index (χ2n) is 12.5. The number of benzene rings is 3. The van der Waals surface area contributed by atoms with Gasteiger partial charge in [-0.25, -0.2) is 14.6 Å². The van der Waals surface area contributed by atoms with E-state index in [4.69, 9.17) is 20.5 Å².